The molecule has 1 aromatic carbocycles. The zero-order valence-electron chi connectivity index (χ0n) is 11.7. The molecule has 5 heteroatoms. The lowest BCUT2D eigenvalue weighted by Crippen LogP contribution is -2.24. The van der Waals surface area contributed by atoms with Crippen LogP contribution in [0.3, 0.4) is 0 Å². The quantitative estimate of drug-likeness (QED) is 0.493. The Labute approximate surface area is 127 Å². The van der Waals surface area contributed by atoms with Crippen LogP contribution in [0.5, 0.6) is 0 Å². The number of aromatic nitrogens is 1. The van der Waals surface area contributed by atoms with Crippen molar-refractivity contribution >= 4 is 23.4 Å². The minimum absolute atomic E-state index is 0.245. The molecule has 1 aromatic heterocycles. The highest BCUT2D eigenvalue weighted by Gasteiger charge is 2.20. The number of aryl methyl sites for hydroxylation is 1. The first-order valence-corrected chi connectivity index (χ1v) is 6.78. The number of halogens is 1. The molecule has 1 atom stereocenters. The zero-order chi connectivity index (χ0) is 15.4. The van der Waals surface area contributed by atoms with Crippen molar-refractivity contribution in [2.45, 2.75) is 20.0 Å². The molecule has 0 spiro atoms. The number of Topliss-reactive ketones (excluding diaryl/α,β-unsaturated/α-hetero) is 1. The second-order valence-corrected chi connectivity index (χ2v) is 5.03. The minimum Gasteiger partial charge on any atom is -0.451 e. The van der Waals surface area contributed by atoms with Crippen LogP contribution in [0, 0.1) is 6.92 Å². The number of hydrogen-bond acceptors (Lipinski definition) is 4. The molecule has 0 saturated heterocycles. The Balaban J connectivity index is 2.05. The van der Waals surface area contributed by atoms with Crippen molar-refractivity contribution in [1.82, 2.24) is 4.98 Å². The van der Waals surface area contributed by atoms with Crippen molar-refractivity contribution in [2.24, 2.45) is 0 Å². The fourth-order valence-electron chi connectivity index (χ4n) is 1.73. The highest BCUT2D eigenvalue weighted by Crippen LogP contribution is 2.11. The van der Waals surface area contributed by atoms with Gasteiger partial charge in [-0.15, -0.1) is 0 Å². The lowest BCUT2D eigenvalue weighted by Gasteiger charge is -2.12. The van der Waals surface area contributed by atoms with Gasteiger partial charge in [0.15, 0.2) is 6.10 Å². The van der Waals surface area contributed by atoms with E-state index >= 15 is 0 Å². The number of nitrogens with zero attached hydrogens (tertiary/aromatic N) is 1. The van der Waals surface area contributed by atoms with E-state index in [1.165, 1.54) is 18.3 Å². The molecule has 0 radical (unpaired) electrons. The lowest BCUT2D eigenvalue weighted by molar-refractivity contribution is 0.0318. The number of benzene rings is 1. The molecule has 0 saturated carbocycles. The number of rotatable bonds is 4. The van der Waals surface area contributed by atoms with Gasteiger partial charge in [-0.25, -0.2) is 9.78 Å². The van der Waals surface area contributed by atoms with Gasteiger partial charge in [0.1, 0.15) is 5.15 Å². The third-order valence-electron chi connectivity index (χ3n) is 2.95. The number of hydrogen-bond donors (Lipinski definition) is 0. The number of carbonyl (C=O) groups excluding carboxylic acids is 2. The molecule has 1 heterocycles. The van der Waals surface area contributed by atoms with Crippen molar-refractivity contribution in [3.8, 4) is 0 Å². The number of ether oxygens (including phenoxy) is 1. The Morgan fingerprint density at radius 3 is 2.29 bits per heavy atom. The fraction of sp³-hybridized carbons (Fsp3) is 0.188. The summed E-state index contributed by atoms with van der Waals surface area (Å²) in [6, 6.07) is 10.1. The standard InChI is InChI=1S/C16H14ClNO3/c1-10-3-5-12(6-4-10)15(19)11(2)21-16(20)13-7-8-14(17)18-9-13/h3-9,11H,1-2H3. The molecule has 21 heavy (non-hydrogen) atoms. The maximum Gasteiger partial charge on any atom is 0.340 e. The van der Waals surface area contributed by atoms with Crippen LogP contribution in [-0.4, -0.2) is 22.8 Å². The largest absolute Gasteiger partial charge is 0.451 e. The van der Waals surface area contributed by atoms with Gasteiger partial charge in [0.25, 0.3) is 0 Å². The Kier molecular flexibility index (Phi) is 4.70. The van der Waals surface area contributed by atoms with Crippen LogP contribution in [-0.2, 0) is 4.74 Å². The summed E-state index contributed by atoms with van der Waals surface area (Å²) in [6.07, 6.45) is 0.448. The van der Waals surface area contributed by atoms with Gasteiger partial charge < -0.3 is 4.74 Å². The monoisotopic (exact) mass is 303 g/mol. The van der Waals surface area contributed by atoms with Crippen LogP contribution in [0.15, 0.2) is 42.6 Å². The molecule has 2 aromatic rings. The topological polar surface area (TPSA) is 56.3 Å². The molecular formula is C16H14ClNO3. The summed E-state index contributed by atoms with van der Waals surface area (Å²) < 4.78 is 5.15. The average molecular weight is 304 g/mol. The van der Waals surface area contributed by atoms with E-state index in [1.54, 1.807) is 19.1 Å². The van der Waals surface area contributed by atoms with Crippen molar-refractivity contribution in [1.29, 1.82) is 0 Å². The van der Waals surface area contributed by atoms with Gasteiger partial charge >= 0.3 is 5.97 Å². The van der Waals surface area contributed by atoms with Crippen LogP contribution < -0.4 is 0 Å². The van der Waals surface area contributed by atoms with Gasteiger partial charge in [0.2, 0.25) is 5.78 Å². The van der Waals surface area contributed by atoms with Crippen molar-refractivity contribution in [3.05, 3.63) is 64.4 Å². The highest BCUT2D eigenvalue weighted by atomic mass is 35.5. The summed E-state index contributed by atoms with van der Waals surface area (Å²) in [5, 5.41) is 0.287. The van der Waals surface area contributed by atoms with Gasteiger partial charge in [0.05, 0.1) is 5.56 Å². The molecule has 0 amide bonds. The Bertz CT molecular complexity index is 650. The van der Waals surface area contributed by atoms with E-state index in [0.29, 0.717) is 5.56 Å². The van der Waals surface area contributed by atoms with E-state index in [2.05, 4.69) is 4.98 Å². The van der Waals surface area contributed by atoms with Crippen LogP contribution in [0.25, 0.3) is 0 Å². The van der Waals surface area contributed by atoms with E-state index in [9.17, 15) is 9.59 Å². The first-order chi connectivity index (χ1) is 9.97. The Morgan fingerprint density at radius 1 is 1.10 bits per heavy atom. The lowest BCUT2D eigenvalue weighted by atomic mass is 10.1. The van der Waals surface area contributed by atoms with Crippen LogP contribution in [0.2, 0.25) is 5.15 Å². The molecule has 0 bridgehead atoms. The van der Waals surface area contributed by atoms with Crippen molar-refractivity contribution in [3.63, 3.8) is 0 Å². The maximum atomic E-state index is 12.2. The van der Waals surface area contributed by atoms with Gasteiger partial charge in [0, 0.05) is 11.8 Å². The summed E-state index contributed by atoms with van der Waals surface area (Å²) in [4.78, 5) is 27.9. The first kappa shape index (κ1) is 15.2. The van der Waals surface area contributed by atoms with E-state index in [4.69, 9.17) is 16.3 Å². The normalized spacial score (nSPS) is 11.8. The third-order valence-corrected chi connectivity index (χ3v) is 3.18. The van der Waals surface area contributed by atoms with Gasteiger partial charge in [-0.05, 0) is 26.0 Å². The van der Waals surface area contributed by atoms with Crippen molar-refractivity contribution in [2.75, 3.05) is 0 Å². The number of ketones is 1. The highest BCUT2D eigenvalue weighted by molar-refractivity contribution is 6.29. The molecular weight excluding hydrogens is 290 g/mol. The molecule has 0 N–H and O–H groups in total. The number of pyridine rings is 1. The maximum absolute atomic E-state index is 12.2. The van der Waals surface area contributed by atoms with E-state index in [1.807, 2.05) is 19.1 Å². The Morgan fingerprint density at radius 2 is 1.71 bits per heavy atom. The van der Waals surface area contributed by atoms with Gasteiger partial charge in [-0.3, -0.25) is 4.79 Å². The van der Waals surface area contributed by atoms with Crippen LogP contribution in [0.1, 0.15) is 33.2 Å². The summed E-state index contributed by atoms with van der Waals surface area (Å²) in [6.45, 7) is 3.48. The number of esters is 1. The average Bonchev–Trinajstić information content (AvgIpc) is 2.47. The molecule has 0 aliphatic rings. The molecule has 0 fully saturated rings. The van der Waals surface area contributed by atoms with Gasteiger partial charge in [-0.2, -0.15) is 0 Å². The van der Waals surface area contributed by atoms with E-state index in [-0.39, 0.29) is 16.5 Å². The third kappa shape index (κ3) is 3.89. The Hall–Kier alpha value is -2.20. The van der Waals surface area contributed by atoms with Gasteiger partial charge in [-0.1, -0.05) is 41.4 Å². The SMILES string of the molecule is Cc1ccc(C(=O)C(C)OC(=O)c2ccc(Cl)nc2)cc1. The molecule has 2 rings (SSSR count). The summed E-state index contributed by atoms with van der Waals surface area (Å²) in [7, 11) is 0. The first-order valence-electron chi connectivity index (χ1n) is 6.41. The predicted octanol–water partition coefficient (Wildman–Crippen LogP) is 3.47. The summed E-state index contributed by atoms with van der Waals surface area (Å²) in [5.41, 5.74) is 1.82. The van der Waals surface area contributed by atoms with Crippen LogP contribution in [0.4, 0.5) is 0 Å². The summed E-state index contributed by atoms with van der Waals surface area (Å²) >= 11 is 5.65. The number of carbonyl (C=O) groups is 2. The van der Waals surface area contributed by atoms with E-state index in [0.717, 1.165) is 5.56 Å². The fourth-order valence-corrected chi connectivity index (χ4v) is 1.84. The molecule has 4 nitrogen and oxygen atoms in total. The summed E-state index contributed by atoms with van der Waals surface area (Å²) in [5.74, 6) is -0.850. The minimum atomic E-state index is -0.865. The molecule has 0 aliphatic carbocycles. The molecule has 108 valence electrons. The van der Waals surface area contributed by atoms with Crippen LogP contribution >= 0.6 is 11.6 Å². The molecule has 1 unspecified atom stereocenters. The van der Waals surface area contributed by atoms with E-state index < -0.39 is 12.1 Å². The smallest absolute Gasteiger partial charge is 0.340 e. The second-order valence-electron chi connectivity index (χ2n) is 4.65. The zero-order valence-corrected chi connectivity index (χ0v) is 12.4. The predicted molar refractivity (Wildman–Crippen MR) is 79.6 cm³/mol. The second kappa shape index (κ2) is 6.50. The molecule has 0 aliphatic heterocycles. The van der Waals surface area contributed by atoms with Crippen molar-refractivity contribution < 1.29 is 14.3 Å².